The van der Waals surface area contributed by atoms with Crippen molar-refractivity contribution in [2.75, 3.05) is 46.8 Å². The van der Waals surface area contributed by atoms with Crippen LogP contribution in [0.15, 0.2) is 6.20 Å². The molecule has 0 radical (unpaired) electrons. The van der Waals surface area contributed by atoms with Gasteiger partial charge in [-0.05, 0) is 45.9 Å². The summed E-state index contributed by atoms with van der Waals surface area (Å²) in [5.74, 6) is 0.699. The third-order valence-corrected chi connectivity index (χ3v) is 4.14. The molecule has 124 valence electrons. The van der Waals surface area contributed by atoms with Crippen molar-refractivity contribution < 1.29 is 4.79 Å². The van der Waals surface area contributed by atoms with Gasteiger partial charge in [-0.25, -0.2) is 0 Å². The standard InChI is InChI=1S/C15H28N6O/c1-13-4-7-20(8-5-13)9-6-16-15(22)14-12-21(18-17-14)11-10-19(2)3/h12-13H,4-11H2,1-3H3,(H,16,22). The van der Waals surface area contributed by atoms with Crippen molar-refractivity contribution in [3.05, 3.63) is 11.9 Å². The van der Waals surface area contributed by atoms with Gasteiger partial charge >= 0.3 is 0 Å². The third-order valence-electron chi connectivity index (χ3n) is 4.14. The Morgan fingerprint density at radius 1 is 1.36 bits per heavy atom. The second-order valence-corrected chi connectivity index (χ2v) is 6.45. The fourth-order valence-electron chi connectivity index (χ4n) is 2.52. The number of piperidine rings is 1. The van der Waals surface area contributed by atoms with E-state index in [1.54, 1.807) is 10.9 Å². The lowest BCUT2D eigenvalue weighted by molar-refractivity contribution is 0.0939. The van der Waals surface area contributed by atoms with Crippen LogP contribution in [0.1, 0.15) is 30.3 Å². The van der Waals surface area contributed by atoms with Crippen molar-refractivity contribution in [2.24, 2.45) is 5.92 Å². The molecule has 0 atom stereocenters. The molecule has 7 heteroatoms. The molecule has 0 aromatic carbocycles. The number of amides is 1. The number of aromatic nitrogens is 3. The molecule has 0 saturated carbocycles. The van der Waals surface area contributed by atoms with Gasteiger partial charge in [0.05, 0.1) is 12.7 Å². The third kappa shape index (κ3) is 5.38. The molecule has 1 aliphatic heterocycles. The number of rotatable bonds is 7. The quantitative estimate of drug-likeness (QED) is 0.785. The molecule has 0 spiro atoms. The lowest BCUT2D eigenvalue weighted by Crippen LogP contribution is -2.39. The van der Waals surface area contributed by atoms with Gasteiger partial charge < -0.3 is 15.1 Å². The minimum absolute atomic E-state index is 0.138. The number of hydrogen-bond acceptors (Lipinski definition) is 5. The molecule has 22 heavy (non-hydrogen) atoms. The minimum atomic E-state index is -0.138. The van der Waals surface area contributed by atoms with Crippen LogP contribution in [0.5, 0.6) is 0 Å². The highest BCUT2D eigenvalue weighted by atomic mass is 16.2. The van der Waals surface area contributed by atoms with E-state index >= 15 is 0 Å². The average molecular weight is 308 g/mol. The van der Waals surface area contributed by atoms with E-state index in [0.717, 1.165) is 38.6 Å². The zero-order valence-electron chi connectivity index (χ0n) is 14.0. The van der Waals surface area contributed by atoms with Crippen molar-refractivity contribution in [2.45, 2.75) is 26.3 Å². The molecule has 0 unspecified atom stereocenters. The number of carbonyl (C=O) groups excluding carboxylic acids is 1. The van der Waals surface area contributed by atoms with Crippen LogP contribution in [0.4, 0.5) is 0 Å². The van der Waals surface area contributed by atoms with Crippen molar-refractivity contribution in [3.63, 3.8) is 0 Å². The minimum Gasteiger partial charge on any atom is -0.349 e. The summed E-state index contributed by atoms with van der Waals surface area (Å²) in [7, 11) is 4.01. The lowest BCUT2D eigenvalue weighted by Gasteiger charge is -2.30. The van der Waals surface area contributed by atoms with E-state index in [4.69, 9.17) is 0 Å². The van der Waals surface area contributed by atoms with E-state index in [-0.39, 0.29) is 5.91 Å². The Labute approximate surface area is 132 Å². The Balaban J connectivity index is 1.68. The molecule has 1 N–H and O–H groups in total. The van der Waals surface area contributed by atoms with Gasteiger partial charge in [0.1, 0.15) is 0 Å². The summed E-state index contributed by atoms with van der Waals surface area (Å²) in [6.07, 6.45) is 4.23. The Hall–Kier alpha value is -1.47. The van der Waals surface area contributed by atoms with E-state index in [9.17, 15) is 4.79 Å². The number of hydrogen-bond donors (Lipinski definition) is 1. The summed E-state index contributed by atoms with van der Waals surface area (Å²) in [6, 6.07) is 0. The molecule has 1 saturated heterocycles. The molecule has 1 aliphatic rings. The van der Waals surface area contributed by atoms with Crippen LogP contribution in [0, 0.1) is 5.92 Å². The zero-order chi connectivity index (χ0) is 15.9. The van der Waals surface area contributed by atoms with E-state index in [0.29, 0.717) is 12.2 Å². The molecule has 1 amide bonds. The van der Waals surface area contributed by atoms with E-state index in [1.165, 1.54) is 12.8 Å². The average Bonchev–Trinajstić information content (AvgIpc) is 2.96. The number of likely N-dealkylation sites (tertiary alicyclic amines) is 1. The fourth-order valence-corrected chi connectivity index (χ4v) is 2.52. The number of likely N-dealkylation sites (N-methyl/N-ethyl adjacent to an activating group) is 1. The summed E-state index contributed by atoms with van der Waals surface area (Å²) in [5.41, 5.74) is 0.394. The van der Waals surface area contributed by atoms with Crippen LogP contribution in [0.2, 0.25) is 0 Å². The van der Waals surface area contributed by atoms with Gasteiger partial charge in [0.25, 0.3) is 5.91 Å². The smallest absolute Gasteiger partial charge is 0.273 e. The van der Waals surface area contributed by atoms with Crippen molar-refractivity contribution in [1.29, 1.82) is 0 Å². The highest BCUT2D eigenvalue weighted by Crippen LogP contribution is 2.15. The monoisotopic (exact) mass is 308 g/mol. The van der Waals surface area contributed by atoms with Crippen molar-refractivity contribution in [3.8, 4) is 0 Å². The van der Waals surface area contributed by atoms with Gasteiger partial charge in [0.15, 0.2) is 5.69 Å². The topological polar surface area (TPSA) is 66.3 Å². The van der Waals surface area contributed by atoms with Gasteiger partial charge in [-0.2, -0.15) is 0 Å². The largest absolute Gasteiger partial charge is 0.349 e. The van der Waals surface area contributed by atoms with Crippen molar-refractivity contribution >= 4 is 5.91 Å². The second-order valence-electron chi connectivity index (χ2n) is 6.45. The predicted octanol–water partition coefficient (Wildman–Crippen LogP) is 0.301. The second kappa shape index (κ2) is 8.24. The SMILES string of the molecule is CC1CCN(CCNC(=O)c2cn(CCN(C)C)nn2)CC1. The normalized spacial score (nSPS) is 17.1. The van der Waals surface area contributed by atoms with Gasteiger partial charge in [0.2, 0.25) is 0 Å². The van der Waals surface area contributed by atoms with Gasteiger partial charge in [0, 0.05) is 19.6 Å². The maximum atomic E-state index is 12.0. The Kier molecular flexibility index (Phi) is 6.33. The highest BCUT2D eigenvalue weighted by molar-refractivity contribution is 5.91. The van der Waals surface area contributed by atoms with Crippen molar-refractivity contribution in [1.82, 2.24) is 30.1 Å². The van der Waals surface area contributed by atoms with E-state index in [1.807, 2.05) is 14.1 Å². The number of nitrogens with zero attached hydrogens (tertiary/aromatic N) is 5. The fraction of sp³-hybridized carbons (Fsp3) is 0.800. The lowest BCUT2D eigenvalue weighted by atomic mass is 9.99. The number of nitrogens with one attached hydrogen (secondary N) is 1. The van der Waals surface area contributed by atoms with Gasteiger partial charge in [-0.1, -0.05) is 12.1 Å². The summed E-state index contributed by atoms with van der Waals surface area (Å²) >= 11 is 0. The molecule has 1 fully saturated rings. The Bertz CT molecular complexity index is 464. The molecular weight excluding hydrogens is 280 g/mol. The first-order chi connectivity index (χ1) is 10.5. The molecule has 7 nitrogen and oxygen atoms in total. The van der Waals surface area contributed by atoms with Crippen LogP contribution in [0.25, 0.3) is 0 Å². The first-order valence-corrected chi connectivity index (χ1v) is 8.10. The van der Waals surface area contributed by atoms with Crippen LogP contribution in [-0.2, 0) is 6.54 Å². The van der Waals surface area contributed by atoms with Crippen LogP contribution < -0.4 is 5.32 Å². The highest BCUT2D eigenvalue weighted by Gasteiger charge is 2.16. The molecule has 2 heterocycles. The summed E-state index contributed by atoms with van der Waals surface area (Å²) in [6.45, 7) is 7.76. The predicted molar refractivity (Wildman–Crippen MR) is 85.7 cm³/mol. The maximum absolute atomic E-state index is 12.0. The molecule has 1 aromatic heterocycles. The molecule has 0 aliphatic carbocycles. The molecule has 0 bridgehead atoms. The maximum Gasteiger partial charge on any atom is 0.273 e. The zero-order valence-corrected chi connectivity index (χ0v) is 14.0. The van der Waals surface area contributed by atoms with E-state index < -0.39 is 0 Å². The Morgan fingerprint density at radius 3 is 2.77 bits per heavy atom. The Morgan fingerprint density at radius 2 is 2.09 bits per heavy atom. The van der Waals surface area contributed by atoms with Gasteiger partial charge in [-0.15, -0.1) is 5.10 Å². The summed E-state index contributed by atoms with van der Waals surface area (Å²) in [5, 5.41) is 10.9. The first-order valence-electron chi connectivity index (χ1n) is 8.10. The molecule has 2 rings (SSSR count). The van der Waals surface area contributed by atoms with Gasteiger partial charge in [-0.3, -0.25) is 9.48 Å². The molecule has 1 aromatic rings. The van der Waals surface area contributed by atoms with Crippen LogP contribution >= 0.6 is 0 Å². The molecular formula is C15H28N6O. The first kappa shape index (κ1) is 16.9. The number of carbonyl (C=O) groups is 1. The van der Waals surface area contributed by atoms with Crippen LogP contribution in [0.3, 0.4) is 0 Å². The summed E-state index contributed by atoms with van der Waals surface area (Å²) < 4.78 is 1.71. The summed E-state index contributed by atoms with van der Waals surface area (Å²) in [4.78, 5) is 16.5. The van der Waals surface area contributed by atoms with Crippen LogP contribution in [-0.4, -0.2) is 77.5 Å². The van der Waals surface area contributed by atoms with E-state index in [2.05, 4.69) is 32.4 Å².